The first kappa shape index (κ1) is 16.8. The summed E-state index contributed by atoms with van der Waals surface area (Å²) in [5, 5.41) is 4.23. The summed E-state index contributed by atoms with van der Waals surface area (Å²) in [4.78, 5) is 0. The third-order valence-corrected chi connectivity index (χ3v) is 4.47. The minimum Gasteiger partial charge on any atom is -0.310 e. The van der Waals surface area contributed by atoms with Gasteiger partial charge in [-0.05, 0) is 54.4 Å². The van der Waals surface area contributed by atoms with Gasteiger partial charge in [-0.15, -0.1) is 0 Å². The number of hydrogen-bond donors (Lipinski definition) is 1. The fraction of sp³-hybridized carbons (Fsp3) is 0.250. The summed E-state index contributed by atoms with van der Waals surface area (Å²) in [6.45, 7) is 2.84. The lowest BCUT2D eigenvalue weighted by Crippen LogP contribution is -2.23. The molecule has 2 rings (SSSR count). The first-order chi connectivity index (χ1) is 10.0. The Hall–Kier alpha value is -0.610. The zero-order chi connectivity index (χ0) is 15.4. The average Bonchev–Trinajstić information content (AvgIpc) is 2.45. The topological polar surface area (TPSA) is 12.0 Å². The Bertz CT molecular complexity index is 634. The van der Waals surface area contributed by atoms with Crippen LogP contribution in [0.5, 0.6) is 0 Å². The van der Waals surface area contributed by atoms with Crippen LogP contribution in [-0.2, 0) is 6.42 Å². The normalized spacial score (nSPS) is 12.4. The molecule has 5 heteroatoms. The minimum atomic E-state index is -0.394. The van der Waals surface area contributed by atoms with E-state index >= 15 is 0 Å². The van der Waals surface area contributed by atoms with Crippen LogP contribution in [0.3, 0.4) is 0 Å². The summed E-state index contributed by atoms with van der Waals surface area (Å²) < 4.78 is 14.6. The molecule has 112 valence electrons. The van der Waals surface area contributed by atoms with Crippen molar-refractivity contribution in [3.05, 3.63) is 67.9 Å². The van der Waals surface area contributed by atoms with Crippen LogP contribution < -0.4 is 5.32 Å². The molecule has 0 fully saturated rings. The van der Waals surface area contributed by atoms with Crippen LogP contribution in [0.4, 0.5) is 4.39 Å². The first-order valence-corrected chi connectivity index (χ1v) is 8.18. The van der Waals surface area contributed by atoms with Gasteiger partial charge in [-0.25, -0.2) is 4.39 Å². The third kappa shape index (κ3) is 4.43. The van der Waals surface area contributed by atoms with Crippen LogP contribution in [0.15, 0.2) is 40.9 Å². The Balaban J connectivity index is 2.30. The maximum absolute atomic E-state index is 13.6. The van der Waals surface area contributed by atoms with Gasteiger partial charge >= 0.3 is 0 Å². The summed E-state index contributed by atoms with van der Waals surface area (Å²) in [5.41, 5.74) is 1.94. The molecule has 0 amide bonds. The minimum absolute atomic E-state index is 0.0450. The predicted molar refractivity (Wildman–Crippen MR) is 90.7 cm³/mol. The highest BCUT2D eigenvalue weighted by molar-refractivity contribution is 9.10. The van der Waals surface area contributed by atoms with Gasteiger partial charge < -0.3 is 5.32 Å². The fourth-order valence-electron chi connectivity index (χ4n) is 2.22. The fourth-order valence-corrected chi connectivity index (χ4v) is 3.04. The summed E-state index contributed by atoms with van der Waals surface area (Å²) in [6.07, 6.45) is 0.654. The summed E-state index contributed by atoms with van der Waals surface area (Å²) in [7, 11) is 0. The van der Waals surface area contributed by atoms with Crippen molar-refractivity contribution in [1.29, 1.82) is 0 Å². The molecule has 0 aliphatic heterocycles. The number of halogens is 4. The van der Waals surface area contributed by atoms with Crippen molar-refractivity contribution in [2.45, 2.75) is 19.4 Å². The quantitative estimate of drug-likeness (QED) is 0.681. The molecule has 0 radical (unpaired) electrons. The second-order valence-electron chi connectivity index (χ2n) is 4.73. The van der Waals surface area contributed by atoms with Crippen molar-refractivity contribution in [2.24, 2.45) is 0 Å². The van der Waals surface area contributed by atoms with Gasteiger partial charge in [0.25, 0.3) is 0 Å². The molecule has 0 heterocycles. The van der Waals surface area contributed by atoms with Crippen LogP contribution >= 0.6 is 39.1 Å². The lowest BCUT2D eigenvalue weighted by atomic mass is 9.98. The van der Waals surface area contributed by atoms with Gasteiger partial charge in [0.05, 0.1) is 5.02 Å². The Morgan fingerprint density at radius 2 is 1.95 bits per heavy atom. The molecule has 0 aromatic heterocycles. The van der Waals surface area contributed by atoms with Crippen LogP contribution in [0.2, 0.25) is 10.0 Å². The van der Waals surface area contributed by atoms with E-state index in [2.05, 4.69) is 21.2 Å². The van der Waals surface area contributed by atoms with E-state index in [1.165, 1.54) is 6.07 Å². The molecule has 0 saturated heterocycles. The van der Waals surface area contributed by atoms with Crippen LogP contribution in [0.1, 0.15) is 24.1 Å². The largest absolute Gasteiger partial charge is 0.310 e. The molecule has 2 aromatic carbocycles. The molecule has 1 nitrogen and oxygen atoms in total. The van der Waals surface area contributed by atoms with Crippen molar-refractivity contribution < 1.29 is 4.39 Å². The average molecular weight is 391 g/mol. The van der Waals surface area contributed by atoms with Gasteiger partial charge in [-0.1, -0.05) is 52.1 Å². The molecule has 0 spiro atoms. The van der Waals surface area contributed by atoms with Gasteiger partial charge in [-0.3, -0.25) is 0 Å². The second kappa shape index (κ2) is 7.59. The van der Waals surface area contributed by atoms with E-state index in [-0.39, 0.29) is 11.1 Å². The van der Waals surface area contributed by atoms with E-state index in [1.807, 2.05) is 31.2 Å². The lowest BCUT2D eigenvalue weighted by Gasteiger charge is -2.20. The summed E-state index contributed by atoms with van der Waals surface area (Å²) in [6, 6.07) is 10.6. The van der Waals surface area contributed by atoms with Crippen molar-refractivity contribution in [3.8, 4) is 0 Å². The number of nitrogens with one attached hydrogen (secondary N) is 1. The van der Waals surface area contributed by atoms with Gasteiger partial charge in [0.1, 0.15) is 5.82 Å². The number of likely N-dealkylation sites (N-methyl/N-ethyl adjacent to an activating group) is 1. The molecular weight excluding hydrogens is 376 g/mol. The van der Waals surface area contributed by atoms with E-state index in [4.69, 9.17) is 23.2 Å². The predicted octanol–water partition coefficient (Wildman–Crippen LogP) is 5.79. The van der Waals surface area contributed by atoms with E-state index in [1.54, 1.807) is 6.07 Å². The van der Waals surface area contributed by atoms with Gasteiger partial charge in [0, 0.05) is 15.5 Å². The Kier molecular flexibility index (Phi) is 6.06. The standard InChI is InChI=1S/C16H15BrCl2FN/c1-2-21-16(12-9-11(18)4-5-13(12)17)8-10-3-6-14(19)15(20)7-10/h3-7,9,16,21H,2,8H2,1H3. The van der Waals surface area contributed by atoms with Crippen molar-refractivity contribution in [3.63, 3.8) is 0 Å². The Morgan fingerprint density at radius 3 is 2.62 bits per heavy atom. The van der Waals surface area contributed by atoms with E-state index in [0.717, 1.165) is 22.1 Å². The van der Waals surface area contributed by atoms with E-state index in [9.17, 15) is 4.39 Å². The van der Waals surface area contributed by atoms with Crippen LogP contribution in [-0.4, -0.2) is 6.54 Å². The molecule has 0 saturated carbocycles. The molecule has 0 bridgehead atoms. The number of hydrogen-bond acceptors (Lipinski definition) is 1. The molecule has 1 atom stereocenters. The summed E-state index contributed by atoms with van der Waals surface area (Å²) >= 11 is 15.4. The molecule has 0 aliphatic carbocycles. The lowest BCUT2D eigenvalue weighted by molar-refractivity contribution is 0.545. The molecular formula is C16H15BrCl2FN. The van der Waals surface area contributed by atoms with Crippen molar-refractivity contribution >= 4 is 39.1 Å². The van der Waals surface area contributed by atoms with Crippen molar-refractivity contribution in [2.75, 3.05) is 6.54 Å². The second-order valence-corrected chi connectivity index (χ2v) is 6.43. The molecule has 1 N–H and O–H groups in total. The molecule has 21 heavy (non-hydrogen) atoms. The Labute approximate surface area is 142 Å². The van der Waals surface area contributed by atoms with Crippen LogP contribution in [0.25, 0.3) is 0 Å². The SMILES string of the molecule is CCNC(Cc1ccc(Cl)c(F)c1)c1cc(Cl)ccc1Br. The smallest absolute Gasteiger partial charge is 0.142 e. The summed E-state index contributed by atoms with van der Waals surface area (Å²) in [5.74, 6) is -0.394. The van der Waals surface area contributed by atoms with E-state index in [0.29, 0.717) is 11.4 Å². The number of rotatable bonds is 5. The van der Waals surface area contributed by atoms with Crippen LogP contribution in [0, 0.1) is 5.82 Å². The zero-order valence-electron chi connectivity index (χ0n) is 11.5. The highest BCUT2D eigenvalue weighted by atomic mass is 79.9. The Morgan fingerprint density at radius 1 is 1.19 bits per heavy atom. The number of benzene rings is 2. The highest BCUT2D eigenvalue weighted by Crippen LogP contribution is 2.29. The first-order valence-electron chi connectivity index (χ1n) is 6.63. The zero-order valence-corrected chi connectivity index (χ0v) is 14.6. The molecule has 0 aliphatic rings. The van der Waals surface area contributed by atoms with Gasteiger partial charge in [0.2, 0.25) is 0 Å². The van der Waals surface area contributed by atoms with Crippen molar-refractivity contribution in [1.82, 2.24) is 5.32 Å². The van der Waals surface area contributed by atoms with Gasteiger partial charge in [-0.2, -0.15) is 0 Å². The highest BCUT2D eigenvalue weighted by Gasteiger charge is 2.15. The molecule has 2 aromatic rings. The third-order valence-electron chi connectivity index (χ3n) is 3.21. The maximum atomic E-state index is 13.6. The maximum Gasteiger partial charge on any atom is 0.142 e. The van der Waals surface area contributed by atoms with E-state index < -0.39 is 5.82 Å². The molecule has 1 unspecified atom stereocenters. The monoisotopic (exact) mass is 389 g/mol. The van der Waals surface area contributed by atoms with Gasteiger partial charge in [0.15, 0.2) is 0 Å².